The first-order valence-electron chi connectivity index (χ1n) is 5.20. The predicted molar refractivity (Wildman–Crippen MR) is 58.9 cm³/mol. The van der Waals surface area contributed by atoms with E-state index in [2.05, 4.69) is 9.97 Å². The van der Waals surface area contributed by atoms with Crippen LogP contribution in [0.25, 0.3) is 11.4 Å². The van der Waals surface area contributed by atoms with Crippen molar-refractivity contribution < 1.29 is 1.37 Å². The van der Waals surface area contributed by atoms with Gasteiger partial charge >= 0.3 is 0 Å². The van der Waals surface area contributed by atoms with E-state index in [1.54, 1.807) is 12.4 Å². The molecule has 0 aliphatic heterocycles. The maximum absolute atomic E-state index is 5.75. The lowest BCUT2D eigenvalue weighted by Gasteiger charge is -1.99. The quantitative estimate of drug-likeness (QED) is 0.685. The molecule has 0 atom stereocenters. The van der Waals surface area contributed by atoms with E-state index in [0.29, 0.717) is 0 Å². The van der Waals surface area contributed by atoms with Crippen molar-refractivity contribution in [2.45, 2.75) is 14.3 Å². The topological polar surface area (TPSA) is 25.8 Å². The van der Waals surface area contributed by atoms with Gasteiger partial charge in [0.2, 0.25) is 0 Å². The highest BCUT2D eigenvalue weighted by molar-refractivity contribution is 5.54. The van der Waals surface area contributed by atoms with Crippen molar-refractivity contribution in [3.63, 3.8) is 0 Å². The lowest BCUT2D eigenvalue weighted by atomic mass is 10.2. The van der Waals surface area contributed by atoms with Crippen LogP contribution in [-0.2, 0) is 0 Å². The minimum absolute atomic E-state index is 0.922. The van der Waals surface area contributed by atoms with Crippen LogP contribution >= 0.6 is 0 Å². The molecule has 2 nitrogen and oxygen atoms in total. The van der Waals surface area contributed by atoms with Crippen LogP contribution in [0.15, 0.2) is 42.7 Å². The van der Waals surface area contributed by atoms with Crippen LogP contribution in [0.3, 0.4) is 0 Å². The molecule has 0 saturated heterocycles. The van der Waals surface area contributed by atoms with E-state index < -0.39 is 0 Å². The Hall–Kier alpha value is -1.70. The van der Waals surface area contributed by atoms with Gasteiger partial charge in [-0.3, -0.25) is 9.97 Å². The Morgan fingerprint density at radius 1 is 1.07 bits per heavy atom. The average molecular weight is 187 g/mol. The largest absolute Gasteiger partial charge is 0.255 e. The van der Waals surface area contributed by atoms with Gasteiger partial charge in [0.25, 0.3) is 0 Å². The van der Waals surface area contributed by atoms with Gasteiger partial charge in [0.05, 0.1) is 11.4 Å². The molecular formula is C12H14N2. The van der Waals surface area contributed by atoms with Gasteiger partial charge in [-0.05, 0) is 36.8 Å². The van der Waals surface area contributed by atoms with Gasteiger partial charge in [0.1, 0.15) is 0 Å². The molecule has 2 aromatic heterocycles. The van der Waals surface area contributed by atoms with Crippen LogP contribution in [0.1, 0.15) is 14.3 Å². The minimum atomic E-state index is 0.922. The molecule has 0 fully saturated rings. The van der Waals surface area contributed by atoms with Crippen molar-refractivity contribution in [3.8, 4) is 11.4 Å². The molecule has 2 heteroatoms. The lowest BCUT2D eigenvalue weighted by molar-refractivity contribution is 1.23. The van der Waals surface area contributed by atoms with Gasteiger partial charge in [-0.15, -0.1) is 0 Å². The number of nitrogens with zero attached hydrogens (tertiary/aromatic N) is 2. The van der Waals surface area contributed by atoms with Gasteiger partial charge < -0.3 is 0 Å². The Labute approximate surface area is 86.1 Å². The molecule has 0 N–H and O–H groups in total. The molecule has 0 unspecified atom stereocenters. The van der Waals surface area contributed by atoms with Crippen LogP contribution < -0.4 is 0 Å². The number of hydrogen-bond donors (Lipinski definition) is 0. The summed E-state index contributed by atoms with van der Waals surface area (Å²) in [6, 6.07) is 9.84. The fraction of sp³-hybridized carbons (Fsp3) is 0.167. The number of hydrogen-bond acceptors (Lipinski definition) is 2. The Morgan fingerprint density at radius 2 is 1.86 bits per heavy atom. The summed E-state index contributed by atoms with van der Waals surface area (Å²) in [7, 11) is 1.25. The van der Waals surface area contributed by atoms with E-state index in [1.165, 1.54) is 13.0 Å². The number of aromatic nitrogens is 2. The molecule has 2 heterocycles. The van der Waals surface area contributed by atoms with Crippen molar-refractivity contribution >= 4 is 0 Å². The zero-order valence-electron chi connectivity index (χ0n) is 9.44. The molecule has 2 rings (SSSR count). The van der Waals surface area contributed by atoms with E-state index in [1.807, 2.05) is 37.3 Å². The van der Waals surface area contributed by atoms with Crippen LogP contribution in [0.2, 0.25) is 0 Å². The second-order valence-corrected chi connectivity index (χ2v) is 2.93. The molecule has 0 bridgehead atoms. The van der Waals surface area contributed by atoms with E-state index in [-0.39, 0.29) is 0 Å². The Morgan fingerprint density at radius 3 is 2.50 bits per heavy atom. The molecule has 2 aromatic rings. The zero-order valence-corrected chi connectivity index (χ0v) is 8.44. The number of pyridine rings is 2. The minimum Gasteiger partial charge on any atom is -0.255 e. The van der Waals surface area contributed by atoms with Crippen LogP contribution in [0, 0.1) is 6.92 Å². The van der Waals surface area contributed by atoms with Crippen LogP contribution in [0.5, 0.6) is 0 Å². The molecule has 0 amide bonds. The third-order valence-corrected chi connectivity index (χ3v) is 1.84. The molecule has 72 valence electrons. The molecule has 0 aliphatic rings. The standard InChI is InChI=1S/C11H10N2.CH4/c1-9-5-7-13-11(8-9)10-4-2-3-6-12-10;/h2-8H,1H3;1H4/i;1D. The van der Waals surface area contributed by atoms with Crippen molar-refractivity contribution in [2.75, 3.05) is 0 Å². The highest BCUT2D eigenvalue weighted by atomic mass is 14.7. The summed E-state index contributed by atoms with van der Waals surface area (Å²) < 4.78 is 5.75. The van der Waals surface area contributed by atoms with Crippen molar-refractivity contribution in [3.05, 3.63) is 48.3 Å². The normalized spacial score (nSPS) is 9.71. The highest BCUT2D eigenvalue weighted by Gasteiger charge is 1.97. The Kier molecular flexibility index (Phi) is 2.86. The first-order valence-corrected chi connectivity index (χ1v) is 4.20. The monoisotopic (exact) mass is 187 g/mol. The average Bonchev–Trinajstić information content (AvgIpc) is 2.33. The summed E-state index contributed by atoms with van der Waals surface area (Å²) in [6.45, 7) is 2.05. The highest BCUT2D eigenvalue weighted by Crippen LogP contribution is 2.13. The van der Waals surface area contributed by atoms with E-state index in [4.69, 9.17) is 1.37 Å². The number of rotatable bonds is 1. The summed E-state index contributed by atoms with van der Waals surface area (Å²) in [5.74, 6) is 0. The van der Waals surface area contributed by atoms with E-state index in [0.717, 1.165) is 11.4 Å². The summed E-state index contributed by atoms with van der Waals surface area (Å²) >= 11 is 0. The van der Waals surface area contributed by atoms with Crippen LogP contribution in [-0.4, -0.2) is 9.97 Å². The Balaban J connectivity index is 0.000000531. The lowest BCUT2D eigenvalue weighted by Crippen LogP contribution is -1.86. The van der Waals surface area contributed by atoms with Gasteiger partial charge in [-0.25, -0.2) is 0 Å². The molecular weight excluding hydrogens is 172 g/mol. The molecule has 0 spiro atoms. The maximum atomic E-state index is 5.75. The molecule has 14 heavy (non-hydrogen) atoms. The molecule has 0 aromatic carbocycles. The van der Waals surface area contributed by atoms with Crippen molar-refractivity contribution in [1.82, 2.24) is 9.97 Å². The fourth-order valence-corrected chi connectivity index (χ4v) is 1.19. The Bertz CT molecular complexity index is 401. The first kappa shape index (κ1) is 8.88. The molecule has 0 aliphatic carbocycles. The van der Waals surface area contributed by atoms with Crippen LogP contribution in [0.4, 0.5) is 0 Å². The molecule has 0 radical (unpaired) electrons. The zero-order chi connectivity index (χ0) is 11.1. The fourth-order valence-electron chi connectivity index (χ4n) is 1.19. The SMILES string of the molecule is Cc1ccnc(-c2ccccn2)c1.[2H]C. The predicted octanol–water partition coefficient (Wildman–Crippen LogP) is 3.09. The van der Waals surface area contributed by atoms with E-state index in [9.17, 15) is 0 Å². The van der Waals surface area contributed by atoms with Crippen molar-refractivity contribution in [1.29, 1.82) is 0 Å². The van der Waals surface area contributed by atoms with Gasteiger partial charge in [0, 0.05) is 13.8 Å². The second kappa shape index (κ2) is 4.51. The summed E-state index contributed by atoms with van der Waals surface area (Å²) in [6.07, 6.45) is 3.58. The summed E-state index contributed by atoms with van der Waals surface area (Å²) in [5.41, 5.74) is 3.06. The smallest absolute Gasteiger partial charge is 0.0888 e. The first-order chi connectivity index (χ1) is 7.36. The third kappa shape index (κ3) is 2.16. The van der Waals surface area contributed by atoms with E-state index >= 15 is 0 Å². The van der Waals surface area contributed by atoms with Gasteiger partial charge in [-0.1, -0.05) is 13.5 Å². The third-order valence-electron chi connectivity index (χ3n) is 1.84. The number of aryl methyl sites for hydroxylation is 1. The summed E-state index contributed by atoms with van der Waals surface area (Å²) in [4.78, 5) is 8.47. The second-order valence-electron chi connectivity index (χ2n) is 2.93. The molecule has 0 saturated carbocycles. The van der Waals surface area contributed by atoms with Crippen molar-refractivity contribution in [2.24, 2.45) is 0 Å². The van der Waals surface area contributed by atoms with Gasteiger partial charge in [0.15, 0.2) is 0 Å². The van der Waals surface area contributed by atoms with Gasteiger partial charge in [-0.2, -0.15) is 0 Å². The summed E-state index contributed by atoms with van der Waals surface area (Å²) in [5, 5.41) is 0. The maximum Gasteiger partial charge on any atom is 0.0888 e.